The van der Waals surface area contributed by atoms with Crippen molar-refractivity contribution in [2.45, 2.75) is 70.9 Å². The molecule has 2 unspecified atom stereocenters. The highest BCUT2D eigenvalue weighted by atomic mass is 16.5. The van der Waals surface area contributed by atoms with Crippen LogP contribution >= 0.6 is 0 Å². The molecule has 5 rings (SSSR count). The zero-order valence-electron chi connectivity index (χ0n) is 21.1. The van der Waals surface area contributed by atoms with Crippen LogP contribution in [-0.2, 0) is 23.2 Å². The molecule has 1 N–H and O–H groups in total. The van der Waals surface area contributed by atoms with Crippen molar-refractivity contribution >= 4 is 5.91 Å². The van der Waals surface area contributed by atoms with Crippen LogP contribution in [0.1, 0.15) is 75.1 Å². The number of benzene rings is 2. The Kier molecular flexibility index (Phi) is 6.74. The van der Waals surface area contributed by atoms with E-state index in [-0.39, 0.29) is 23.3 Å². The Labute approximate surface area is 208 Å². The molecule has 6 nitrogen and oxygen atoms in total. The molecule has 6 heteroatoms. The van der Waals surface area contributed by atoms with Crippen LogP contribution in [0.2, 0.25) is 0 Å². The number of nitrogens with one attached hydrogen (secondary N) is 1. The van der Waals surface area contributed by atoms with E-state index in [1.54, 1.807) is 0 Å². The van der Waals surface area contributed by atoms with Crippen LogP contribution in [0.4, 0.5) is 0 Å². The molecule has 2 aromatic carbocycles. The van der Waals surface area contributed by atoms with Gasteiger partial charge in [0.15, 0.2) is 0 Å². The molecule has 3 aromatic rings. The molecule has 0 saturated carbocycles. The first-order chi connectivity index (χ1) is 16.9. The first kappa shape index (κ1) is 23.7. The maximum absolute atomic E-state index is 13.2. The van der Waals surface area contributed by atoms with Gasteiger partial charge >= 0.3 is 0 Å². The summed E-state index contributed by atoms with van der Waals surface area (Å²) in [5.74, 6) is 1.37. The van der Waals surface area contributed by atoms with Gasteiger partial charge in [-0.1, -0.05) is 74.5 Å². The lowest BCUT2D eigenvalue weighted by Crippen LogP contribution is -2.44. The average Bonchev–Trinajstić information content (AvgIpc) is 3.32. The SMILES string of the molecule is CC(C)(C)c1ccc(-c2noc(CN3CCCC(C(=O)NC4CCCc5ccccc54)C3)n2)cc1. The molecule has 1 aliphatic heterocycles. The van der Waals surface area contributed by atoms with E-state index in [1.807, 2.05) is 0 Å². The van der Waals surface area contributed by atoms with Crippen LogP contribution in [0, 0.1) is 5.92 Å². The molecule has 1 aliphatic carbocycles. The van der Waals surface area contributed by atoms with Crippen LogP contribution in [0.5, 0.6) is 0 Å². The maximum Gasteiger partial charge on any atom is 0.241 e. The van der Waals surface area contributed by atoms with Crippen LogP contribution in [0.25, 0.3) is 11.4 Å². The first-order valence-electron chi connectivity index (χ1n) is 12.9. The molecule has 184 valence electrons. The lowest BCUT2D eigenvalue weighted by molar-refractivity contribution is -0.127. The van der Waals surface area contributed by atoms with E-state index >= 15 is 0 Å². The van der Waals surface area contributed by atoms with Gasteiger partial charge in [0.2, 0.25) is 17.6 Å². The van der Waals surface area contributed by atoms with E-state index in [1.165, 1.54) is 16.7 Å². The number of rotatable bonds is 5. The monoisotopic (exact) mass is 472 g/mol. The molecular formula is C29H36N4O2. The molecule has 0 spiro atoms. The molecular weight excluding hydrogens is 436 g/mol. The van der Waals surface area contributed by atoms with Gasteiger partial charge in [-0.25, -0.2) is 0 Å². The number of carbonyl (C=O) groups is 1. The highest BCUT2D eigenvalue weighted by Crippen LogP contribution is 2.30. The summed E-state index contributed by atoms with van der Waals surface area (Å²) in [6.07, 6.45) is 5.16. The van der Waals surface area contributed by atoms with E-state index in [4.69, 9.17) is 4.52 Å². The summed E-state index contributed by atoms with van der Waals surface area (Å²) >= 11 is 0. The predicted molar refractivity (Wildman–Crippen MR) is 137 cm³/mol. The average molecular weight is 473 g/mol. The van der Waals surface area contributed by atoms with Gasteiger partial charge in [0.1, 0.15) is 0 Å². The van der Waals surface area contributed by atoms with Gasteiger partial charge in [-0.2, -0.15) is 4.98 Å². The quantitative estimate of drug-likeness (QED) is 0.535. The van der Waals surface area contributed by atoms with Crippen molar-refractivity contribution in [1.29, 1.82) is 0 Å². The zero-order valence-corrected chi connectivity index (χ0v) is 21.1. The zero-order chi connectivity index (χ0) is 24.4. The molecule has 1 fully saturated rings. The van der Waals surface area contributed by atoms with Crippen LogP contribution in [-0.4, -0.2) is 34.0 Å². The topological polar surface area (TPSA) is 71.3 Å². The van der Waals surface area contributed by atoms with Crippen molar-refractivity contribution in [3.05, 3.63) is 71.1 Å². The molecule has 1 saturated heterocycles. The van der Waals surface area contributed by atoms with E-state index in [0.717, 1.165) is 50.8 Å². The molecule has 2 aliphatic rings. The van der Waals surface area contributed by atoms with E-state index < -0.39 is 0 Å². The summed E-state index contributed by atoms with van der Waals surface area (Å²) in [5, 5.41) is 7.56. The number of amides is 1. The molecule has 35 heavy (non-hydrogen) atoms. The third-order valence-electron chi connectivity index (χ3n) is 7.40. The smallest absolute Gasteiger partial charge is 0.241 e. The number of piperidine rings is 1. The third kappa shape index (κ3) is 5.48. The molecule has 1 amide bonds. The van der Waals surface area contributed by atoms with Gasteiger partial charge in [0, 0.05) is 12.1 Å². The van der Waals surface area contributed by atoms with Gasteiger partial charge in [0.05, 0.1) is 18.5 Å². The van der Waals surface area contributed by atoms with Crippen molar-refractivity contribution < 1.29 is 9.32 Å². The highest BCUT2D eigenvalue weighted by Gasteiger charge is 2.30. The Morgan fingerprint density at radius 1 is 1.09 bits per heavy atom. The fourth-order valence-corrected chi connectivity index (χ4v) is 5.35. The number of aromatic nitrogens is 2. The maximum atomic E-state index is 13.2. The van der Waals surface area contributed by atoms with Gasteiger partial charge in [-0.05, 0) is 60.8 Å². The number of nitrogens with zero attached hydrogens (tertiary/aromatic N) is 3. The van der Waals surface area contributed by atoms with Crippen molar-refractivity contribution in [3.63, 3.8) is 0 Å². The Morgan fingerprint density at radius 3 is 2.69 bits per heavy atom. The number of fused-ring (bicyclic) bond motifs is 1. The molecule has 2 heterocycles. The lowest BCUT2D eigenvalue weighted by atomic mass is 9.87. The second kappa shape index (κ2) is 9.94. The number of likely N-dealkylation sites (tertiary alicyclic amines) is 1. The van der Waals surface area contributed by atoms with Crippen molar-refractivity contribution in [2.75, 3.05) is 13.1 Å². The number of hydrogen-bond donors (Lipinski definition) is 1. The predicted octanol–water partition coefficient (Wildman–Crippen LogP) is 5.44. The Balaban J connectivity index is 1.19. The number of aryl methyl sites for hydroxylation is 1. The highest BCUT2D eigenvalue weighted by molar-refractivity contribution is 5.79. The van der Waals surface area contributed by atoms with Crippen molar-refractivity contribution in [3.8, 4) is 11.4 Å². The standard InChI is InChI=1S/C29H36N4O2/c1-29(2,3)23-15-13-21(14-16-23)27-31-26(35-32-27)19-33-17-7-10-22(18-33)28(34)30-25-12-6-9-20-8-4-5-11-24(20)25/h4-5,8,11,13-16,22,25H,6-7,9-10,12,17-19H2,1-3H3,(H,30,34). The summed E-state index contributed by atoms with van der Waals surface area (Å²) in [4.78, 5) is 20.1. The molecule has 2 atom stereocenters. The van der Waals surface area contributed by atoms with Gasteiger partial charge in [-0.15, -0.1) is 0 Å². The Hall–Kier alpha value is -2.99. The fraction of sp³-hybridized carbons (Fsp3) is 0.483. The molecule has 0 radical (unpaired) electrons. The van der Waals surface area contributed by atoms with E-state index in [9.17, 15) is 4.79 Å². The minimum Gasteiger partial charge on any atom is -0.349 e. The minimum absolute atomic E-state index is 0.00910. The number of carbonyl (C=O) groups excluding carboxylic acids is 1. The lowest BCUT2D eigenvalue weighted by Gasteiger charge is -2.33. The van der Waals surface area contributed by atoms with Crippen molar-refractivity contribution in [1.82, 2.24) is 20.4 Å². The second-order valence-electron chi connectivity index (χ2n) is 11.1. The van der Waals surface area contributed by atoms with Gasteiger partial charge < -0.3 is 9.84 Å². The van der Waals surface area contributed by atoms with Crippen LogP contribution in [0.3, 0.4) is 0 Å². The second-order valence-corrected chi connectivity index (χ2v) is 11.1. The van der Waals surface area contributed by atoms with Crippen molar-refractivity contribution in [2.24, 2.45) is 5.92 Å². The molecule has 0 bridgehead atoms. The third-order valence-corrected chi connectivity index (χ3v) is 7.40. The number of hydrogen-bond acceptors (Lipinski definition) is 5. The van der Waals surface area contributed by atoms with Gasteiger partial charge in [0.25, 0.3) is 0 Å². The van der Waals surface area contributed by atoms with E-state index in [0.29, 0.717) is 18.3 Å². The summed E-state index contributed by atoms with van der Waals surface area (Å²) < 4.78 is 5.57. The summed E-state index contributed by atoms with van der Waals surface area (Å²) in [6, 6.07) is 17.0. The first-order valence-corrected chi connectivity index (χ1v) is 12.9. The summed E-state index contributed by atoms with van der Waals surface area (Å²) in [7, 11) is 0. The molecule has 1 aromatic heterocycles. The van der Waals surface area contributed by atoms with Crippen LogP contribution in [0.15, 0.2) is 53.1 Å². The van der Waals surface area contributed by atoms with Gasteiger partial charge in [-0.3, -0.25) is 9.69 Å². The van der Waals surface area contributed by atoms with E-state index in [2.05, 4.69) is 89.7 Å². The van der Waals surface area contributed by atoms with Crippen LogP contribution < -0.4 is 5.32 Å². The largest absolute Gasteiger partial charge is 0.349 e. The minimum atomic E-state index is -0.00910. The summed E-state index contributed by atoms with van der Waals surface area (Å²) in [6.45, 7) is 8.84. The summed E-state index contributed by atoms with van der Waals surface area (Å²) in [5.41, 5.74) is 5.00. The normalized spacial score (nSPS) is 20.9. The Bertz CT molecular complexity index is 1160. The fourth-order valence-electron chi connectivity index (χ4n) is 5.35. The Morgan fingerprint density at radius 2 is 1.89 bits per heavy atom.